The molecule has 0 spiro atoms. The Bertz CT molecular complexity index is 314. The number of hydrogen-bond acceptors (Lipinski definition) is 3. The topological polar surface area (TPSA) is 42.3 Å². The molecule has 3 atom stereocenters. The first kappa shape index (κ1) is 16.3. The standard InChI is InChI=1S/C11H17Cl3FNO2/c1-10(2,3)7-5-4-6(15)8(17-7)18-9(16)11(12,13)14/h6-8,16H,4-5H2,1-3H3/t6-,7+,8?/m0/s1. The van der Waals surface area contributed by atoms with E-state index in [1.54, 1.807) is 0 Å². The first-order chi connectivity index (χ1) is 8.01. The quantitative estimate of drug-likeness (QED) is 0.446. The molecule has 1 aliphatic rings. The van der Waals surface area contributed by atoms with E-state index >= 15 is 0 Å². The van der Waals surface area contributed by atoms with Crippen molar-refractivity contribution in [2.24, 2.45) is 5.41 Å². The first-order valence-electron chi connectivity index (χ1n) is 5.63. The van der Waals surface area contributed by atoms with Crippen molar-refractivity contribution in [1.82, 2.24) is 0 Å². The van der Waals surface area contributed by atoms with Gasteiger partial charge >= 0.3 is 0 Å². The Labute approximate surface area is 121 Å². The second-order valence-electron chi connectivity index (χ2n) is 5.40. The van der Waals surface area contributed by atoms with Gasteiger partial charge in [0.25, 0.3) is 3.79 Å². The van der Waals surface area contributed by atoms with Gasteiger partial charge in [0.15, 0.2) is 6.17 Å². The maximum atomic E-state index is 13.7. The molecule has 3 nitrogen and oxygen atoms in total. The van der Waals surface area contributed by atoms with E-state index in [0.29, 0.717) is 12.8 Å². The van der Waals surface area contributed by atoms with E-state index < -0.39 is 22.2 Å². The number of ether oxygens (including phenoxy) is 2. The van der Waals surface area contributed by atoms with E-state index in [9.17, 15) is 4.39 Å². The molecule has 1 rings (SSSR count). The van der Waals surface area contributed by atoms with Crippen LogP contribution in [0.4, 0.5) is 4.39 Å². The molecule has 1 heterocycles. The van der Waals surface area contributed by atoms with Crippen molar-refractivity contribution in [3.8, 4) is 0 Å². The minimum absolute atomic E-state index is 0.135. The highest BCUT2D eigenvalue weighted by Gasteiger charge is 2.41. The molecule has 0 aromatic carbocycles. The highest BCUT2D eigenvalue weighted by atomic mass is 35.6. The summed E-state index contributed by atoms with van der Waals surface area (Å²) in [6.07, 6.45) is -1.76. The summed E-state index contributed by atoms with van der Waals surface area (Å²) in [7, 11) is 0. The van der Waals surface area contributed by atoms with Crippen LogP contribution in [-0.2, 0) is 9.47 Å². The van der Waals surface area contributed by atoms with Gasteiger partial charge in [0.1, 0.15) is 0 Å². The van der Waals surface area contributed by atoms with Crippen LogP contribution in [0, 0.1) is 10.8 Å². The van der Waals surface area contributed by atoms with Crippen molar-refractivity contribution in [1.29, 1.82) is 5.41 Å². The number of rotatable bonds is 1. The second-order valence-corrected chi connectivity index (χ2v) is 7.68. The van der Waals surface area contributed by atoms with Crippen molar-refractivity contribution in [2.45, 2.75) is 56.0 Å². The molecule has 0 saturated carbocycles. The van der Waals surface area contributed by atoms with Crippen LogP contribution in [0.5, 0.6) is 0 Å². The van der Waals surface area contributed by atoms with Gasteiger partial charge in [-0.25, -0.2) is 4.39 Å². The van der Waals surface area contributed by atoms with Crippen molar-refractivity contribution in [3.05, 3.63) is 0 Å². The van der Waals surface area contributed by atoms with Crippen molar-refractivity contribution >= 4 is 40.7 Å². The van der Waals surface area contributed by atoms with E-state index in [2.05, 4.69) is 0 Å². The Morgan fingerprint density at radius 1 is 1.28 bits per heavy atom. The molecule has 106 valence electrons. The van der Waals surface area contributed by atoms with E-state index in [1.165, 1.54) is 0 Å². The lowest BCUT2D eigenvalue weighted by molar-refractivity contribution is -0.212. The van der Waals surface area contributed by atoms with Gasteiger partial charge in [0.05, 0.1) is 6.10 Å². The third-order valence-corrected chi connectivity index (χ3v) is 3.27. The number of halogens is 4. The summed E-state index contributed by atoms with van der Waals surface area (Å²) in [6.45, 7) is 5.98. The fourth-order valence-corrected chi connectivity index (χ4v) is 1.82. The molecule has 1 N–H and O–H groups in total. The summed E-state index contributed by atoms with van der Waals surface area (Å²) in [5.41, 5.74) is -0.135. The maximum Gasteiger partial charge on any atom is 0.265 e. The second kappa shape index (κ2) is 5.70. The van der Waals surface area contributed by atoms with Crippen LogP contribution < -0.4 is 0 Å². The summed E-state index contributed by atoms with van der Waals surface area (Å²) < 4.78 is 22.2. The van der Waals surface area contributed by atoms with Crippen LogP contribution in [0.1, 0.15) is 33.6 Å². The van der Waals surface area contributed by atoms with Crippen molar-refractivity contribution < 1.29 is 13.9 Å². The van der Waals surface area contributed by atoms with Crippen LogP contribution in [0.3, 0.4) is 0 Å². The molecule has 1 unspecified atom stereocenters. The minimum Gasteiger partial charge on any atom is -0.445 e. The Balaban J connectivity index is 2.66. The van der Waals surface area contributed by atoms with E-state index in [0.717, 1.165) is 0 Å². The molecule has 0 radical (unpaired) electrons. The number of nitrogens with one attached hydrogen (secondary N) is 1. The molecule has 7 heteroatoms. The lowest BCUT2D eigenvalue weighted by Gasteiger charge is -2.39. The fraction of sp³-hybridized carbons (Fsp3) is 0.909. The zero-order chi connectivity index (χ0) is 14.1. The molecule has 0 aromatic heterocycles. The summed E-state index contributed by atoms with van der Waals surface area (Å²) in [5, 5.41) is 7.42. The number of alkyl halides is 4. The van der Waals surface area contributed by atoms with Gasteiger partial charge in [-0.2, -0.15) is 0 Å². The smallest absolute Gasteiger partial charge is 0.265 e. The Hall–Kier alpha value is 0.230. The fourth-order valence-electron chi connectivity index (χ4n) is 1.68. The van der Waals surface area contributed by atoms with Gasteiger partial charge in [-0.15, -0.1) is 0 Å². The summed E-state index contributed by atoms with van der Waals surface area (Å²) in [6, 6.07) is 0. The van der Waals surface area contributed by atoms with Crippen molar-refractivity contribution in [3.63, 3.8) is 0 Å². The van der Waals surface area contributed by atoms with Crippen LogP contribution in [0.15, 0.2) is 0 Å². The van der Waals surface area contributed by atoms with Gasteiger partial charge < -0.3 is 9.47 Å². The zero-order valence-corrected chi connectivity index (χ0v) is 12.7. The average molecular weight is 321 g/mol. The van der Waals surface area contributed by atoms with Gasteiger partial charge in [-0.3, -0.25) is 5.41 Å². The summed E-state index contributed by atoms with van der Waals surface area (Å²) in [5.74, 6) is -0.630. The normalized spacial score (nSPS) is 30.1. The predicted octanol–water partition coefficient (Wildman–Crippen LogP) is 4.24. The minimum atomic E-state index is -2.00. The average Bonchev–Trinajstić information content (AvgIpc) is 2.18. The van der Waals surface area contributed by atoms with Crippen LogP contribution in [0.2, 0.25) is 0 Å². The SMILES string of the molecule is CC(C)(C)[C@H]1CC[C@H](F)C(OC(=N)C(Cl)(Cl)Cl)O1. The molecule has 1 aliphatic heterocycles. The molecule has 18 heavy (non-hydrogen) atoms. The Morgan fingerprint density at radius 3 is 2.28 bits per heavy atom. The first-order valence-corrected chi connectivity index (χ1v) is 6.77. The predicted molar refractivity (Wildman–Crippen MR) is 71.3 cm³/mol. The molecule has 0 aromatic rings. The Morgan fingerprint density at radius 2 is 1.83 bits per heavy atom. The lowest BCUT2D eigenvalue weighted by Crippen LogP contribution is -2.45. The molecular weight excluding hydrogens is 303 g/mol. The van der Waals surface area contributed by atoms with Crippen LogP contribution in [-0.4, -0.2) is 28.3 Å². The molecule has 0 aliphatic carbocycles. The zero-order valence-electron chi connectivity index (χ0n) is 10.5. The van der Waals surface area contributed by atoms with Gasteiger partial charge in [0.2, 0.25) is 12.2 Å². The largest absolute Gasteiger partial charge is 0.445 e. The van der Waals surface area contributed by atoms with Gasteiger partial charge in [-0.1, -0.05) is 55.6 Å². The molecule has 0 amide bonds. The van der Waals surface area contributed by atoms with E-state index in [4.69, 9.17) is 49.7 Å². The number of hydrogen-bond donors (Lipinski definition) is 1. The van der Waals surface area contributed by atoms with Crippen molar-refractivity contribution in [2.75, 3.05) is 0 Å². The van der Waals surface area contributed by atoms with Gasteiger partial charge in [-0.05, 0) is 18.3 Å². The van der Waals surface area contributed by atoms with Crippen LogP contribution >= 0.6 is 34.8 Å². The maximum absolute atomic E-state index is 13.7. The lowest BCUT2D eigenvalue weighted by atomic mass is 9.84. The third-order valence-electron chi connectivity index (χ3n) is 2.76. The molecule has 0 bridgehead atoms. The van der Waals surface area contributed by atoms with Gasteiger partial charge in [0, 0.05) is 0 Å². The summed E-state index contributed by atoms with van der Waals surface area (Å²) in [4.78, 5) is 0. The molecule has 1 fully saturated rings. The van der Waals surface area contributed by atoms with E-state index in [1.807, 2.05) is 20.8 Å². The molecular formula is C11H17Cl3FNO2. The summed E-state index contributed by atoms with van der Waals surface area (Å²) >= 11 is 16.4. The highest BCUT2D eigenvalue weighted by Crippen LogP contribution is 2.35. The highest BCUT2D eigenvalue weighted by molar-refractivity contribution is 6.76. The Kier molecular flexibility index (Phi) is 5.15. The van der Waals surface area contributed by atoms with Crippen LogP contribution in [0.25, 0.3) is 0 Å². The monoisotopic (exact) mass is 319 g/mol. The molecule has 1 saturated heterocycles. The van der Waals surface area contributed by atoms with E-state index in [-0.39, 0.29) is 11.5 Å². The third kappa shape index (κ3) is 4.41.